The Bertz CT molecular complexity index is 1440. The molecule has 0 amide bonds. The molecule has 4 aromatic rings. The summed E-state index contributed by atoms with van der Waals surface area (Å²) >= 11 is 0. The number of fused-ring (bicyclic) bond motifs is 1. The SMILES string of the molecule is Cc1ccc(-c2ccc(-c3c(C4CCCCC4)c4ccc(C(=O)O)cc4n3CCN3CCOCC3)cc2)cc1. The quantitative estimate of drug-likeness (QED) is 0.275. The second-order valence-electron chi connectivity index (χ2n) is 11.2. The number of aromatic nitrogens is 1. The van der Waals surface area contributed by atoms with Gasteiger partial charge >= 0.3 is 5.97 Å². The zero-order valence-corrected chi connectivity index (χ0v) is 22.9. The van der Waals surface area contributed by atoms with Crippen molar-refractivity contribution in [2.24, 2.45) is 0 Å². The fourth-order valence-electron chi connectivity index (χ4n) is 6.49. The highest BCUT2D eigenvalue weighted by atomic mass is 16.5. The molecule has 1 aliphatic heterocycles. The predicted octanol–water partition coefficient (Wildman–Crippen LogP) is 7.36. The molecule has 1 aromatic heterocycles. The molecule has 39 heavy (non-hydrogen) atoms. The maximum absolute atomic E-state index is 12.0. The fraction of sp³-hybridized carbons (Fsp3) is 0.382. The lowest BCUT2D eigenvalue weighted by molar-refractivity contribution is 0.0366. The van der Waals surface area contributed by atoms with Crippen LogP contribution in [0.1, 0.15) is 59.5 Å². The van der Waals surface area contributed by atoms with E-state index in [0.29, 0.717) is 11.5 Å². The van der Waals surface area contributed by atoms with Crippen molar-refractivity contribution < 1.29 is 14.6 Å². The van der Waals surface area contributed by atoms with E-state index in [1.807, 2.05) is 6.07 Å². The predicted molar refractivity (Wildman–Crippen MR) is 158 cm³/mol. The highest BCUT2D eigenvalue weighted by molar-refractivity contribution is 5.98. The van der Waals surface area contributed by atoms with Gasteiger partial charge in [-0.2, -0.15) is 0 Å². The van der Waals surface area contributed by atoms with E-state index in [4.69, 9.17) is 4.74 Å². The minimum Gasteiger partial charge on any atom is -0.478 e. The molecule has 0 spiro atoms. The van der Waals surface area contributed by atoms with Gasteiger partial charge in [0.1, 0.15) is 0 Å². The minimum atomic E-state index is -0.874. The summed E-state index contributed by atoms with van der Waals surface area (Å²) in [6.07, 6.45) is 6.19. The summed E-state index contributed by atoms with van der Waals surface area (Å²) in [6.45, 7) is 7.28. The highest BCUT2D eigenvalue weighted by Gasteiger charge is 2.27. The second-order valence-corrected chi connectivity index (χ2v) is 11.2. The molecule has 6 rings (SSSR count). The number of carboxylic acids is 1. The third-order valence-corrected chi connectivity index (χ3v) is 8.65. The largest absolute Gasteiger partial charge is 0.478 e. The van der Waals surface area contributed by atoms with Crippen LogP contribution < -0.4 is 0 Å². The van der Waals surface area contributed by atoms with Crippen LogP contribution in [0.25, 0.3) is 33.3 Å². The average molecular weight is 523 g/mol. The van der Waals surface area contributed by atoms with Gasteiger partial charge in [-0.3, -0.25) is 4.90 Å². The molecular formula is C34H38N2O3. The van der Waals surface area contributed by atoms with Gasteiger partial charge in [0.05, 0.1) is 24.5 Å². The van der Waals surface area contributed by atoms with Crippen molar-refractivity contribution in [3.05, 3.63) is 83.4 Å². The van der Waals surface area contributed by atoms with Gasteiger partial charge < -0.3 is 14.4 Å². The Hall–Kier alpha value is -3.41. The molecule has 1 saturated carbocycles. The molecule has 2 aliphatic rings. The Balaban J connectivity index is 1.49. The van der Waals surface area contributed by atoms with E-state index in [2.05, 4.69) is 71.0 Å². The Morgan fingerprint density at radius 3 is 2.15 bits per heavy atom. The summed E-state index contributed by atoms with van der Waals surface area (Å²) in [7, 11) is 0. The van der Waals surface area contributed by atoms with Crippen molar-refractivity contribution in [2.75, 3.05) is 32.8 Å². The van der Waals surface area contributed by atoms with Crippen LogP contribution in [0.5, 0.6) is 0 Å². The highest BCUT2D eigenvalue weighted by Crippen LogP contribution is 2.44. The summed E-state index contributed by atoms with van der Waals surface area (Å²) in [6, 6.07) is 23.4. The topological polar surface area (TPSA) is 54.7 Å². The van der Waals surface area contributed by atoms with E-state index in [1.165, 1.54) is 71.0 Å². The summed E-state index contributed by atoms with van der Waals surface area (Å²) in [4.78, 5) is 14.4. The number of hydrogen-bond donors (Lipinski definition) is 1. The van der Waals surface area contributed by atoms with Crippen LogP contribution in [0.3, 0.4) is 0 Å². The molecule has 0 atom stereocenters. The lowest BCUT2D eigenvalue weighted by Gasteiger charge is -2.27. The van der Waals surface area contributed by atoms with Crippen LogP contribution in [0.15, 0.2) is 66.7 Å². The van der Waals surface area contributed by atoms with Crippen molar-refractivity contribution in [1.82, 2.24) is 9.47 Å². The number of aryl methyl sites for hydroxylation is 1. The molecule has 202 valence electrons. The van der Waals surface area contributed by atoms with Crippen LogP contribution in [0.2, 0.25) is 0 Å². The second kappa shape index (κ2) is 11.4. The molecule has 2 fully saturated rings. The van der Waals surface area contributed by atoms with Gasteiger partial charge in [0.25, 0.3) is 0 Å². The first-order chi connectivity index (χ1) is 19.1. The smallest absolute Gasteiger partial charge is 0.335 e. The van der Waals surface area contributed by atoms with E-state index >= 15 is 0 Å². The normalized spacial score (nSPS) is 17.1. The summed E-state index contributed by atoms with van der Waals surface area (Å²) in [5.41, 5.74) is 8.97. The number of hydrogen-bond acceptors (Lipinski definition) is 3. The van der Waals surface area contributed by atoms with Gasteiger partial charge in [-0.15, -0.1) is 0 Å². The Morgan fingerprint density at radius 2 is 1.49 bits per heavy atom. The molecule has 3 aromatic carbocycles. The first-order valence-corrected chi connectivity index (χ1v) is 14.5. The Morgan fingerprint density at radius 1 is 0.846 bits per heavy atom. The summed E-state index contributed by atoms with van der Waals surface area (Å²) in [5.74, 6) is -0.380. The van der Waals surface area contributed by atoms with Crippen LogP contribution in [-0.2, 0) is 11.3 Å². The minimum absolute atomic E-state index is 0.351. The van der Waals surface area contributed by atoms with Crippen LogP contribution in [0, 0.1) is 6.92 Å². The van der Waals surface area contributed by atoms with Crippen LogP contribution >= 0.6 is 0 Å². The van der Waals surface area contributed by atoms with E-state index < -0.39 is 5.97 Å². The van der Waals surface area contributed by atoms with Crippen molar-refractivity contribution in [2.45, 2.75) is 51.5 Å². The zero-order chi connectivity index (χ0) is 26.8. The molecule has 2 heterocycles. The molecular weight excluding hydrogens is 484 g/mol. The fourth-order valence-corrected chi connectivity index (χ4v) is 6.49. The van der Waals surface area contributed by atoms with E-state index in [9.17, 15) is 9.90 Å². The number of benzene rings is 3. The van der Waals surface area contributed by atoms with Crippen LogP contribution in [-0.4, -0.2) is 53.4 Å². The Labute approximate surface area is 231 Å². The van der Waals surface area contributed by atoms with E-state index in [1.54, 1.807) is 6.07 Å². The molecule has 1 N–H and O–H groups in total. The summed E-state index contributed by atoms with van der Waals surface area (Å²) < 4.78 is 8.00. The third-order valence-electron chi connectivity index (χ3n) is 8.65. The van der Waals surface area contributed by atoms with Gasteiger partial charge in [-0.1, -0.05) is 79.4 Å². The van der Waals surface area contributed by atoms with E-state index in [-0.39, 0.29) is 0 Å². The number of nitrogens with zero attached hydrogens (tertiary/aromatic N) is 2. The first-order valence-electron chi connectivity index (χ1n) is 14.5. The number of carbonyl (C=O) groups is 1. The van der Waals surface area contributed by atoms with Crippen LogP contribution in [0.4, 0.5) is 0 Å². The first kappa shape index (κ1) is 25.8. The number of aromatic carboxylic acids is 1. The Kier molecular flexibility index (Phi) is 7.53. The van der Waals surface area contributed by atoms with Gasteiger partial charge in [0, 0.05) is 37.1 Å². The third kappa shape index (κ3) is 5.39. The van der Waals surface area contributed by atoms with Gasteiger partial charge in [0.15, 0.2) is 0 Å². The van der Waals surface area contributed by atoms with Crippen molar-refractivity contribution >= 4 is 16.9 Å². The number of morpholine rings is 1. The molecule has 1 aliphatic carbocycles. The van der Waals surface area contributed by atoms with E-state index in [0.717, 1.165) is 44.9 Å². The number of ether oxygens (including phenoxy) is 1. The molecule has 1 saturated heterocycles. The average Bonchev–Trinajstić information content (AvgIpc) is 3.31. The number of rotatable bonds is 7. The van der Waals surface area contributed by atoms with Crippen molar-refractivity contribution in [1.29, 1.82) is 0 Å². The zero-order valence-electron chi connectivity index (χ0n) is 22.9. The standard InChI is InChI=1S/C34H38N2O3/c1-24-7-9-25(10-8-24)26-11-13-28(14-12-26)33-32(27-5-3-2-4-6-27)30-16-15-29(34(37)38)23-31(30)36(33)18-17-35-19-21-39-22-20-35/h7-16,23,27H,2-6,17-22H2,1H3,(H,37,38). The lowest BCUT2D eigenvalue weighted by atomic mass is 9.81. The molecule has 5 heteroatoms. The molecule has 5 nitrogen and oxygen atoms in total. The van der Waals surface area contributed by atoms with Gasteiger partial charge in [0.2, 0.25) is 0 Å². The molecule has 0 unspecified atom stereocenters. The molecule has 0 bridgehead atoms. The maximum atomic E-state index is 12.0. The monoisotopic (exact) mass is 522 g/mol. The molecule has 0 radical (unpaired) electrons. The summed E-state index contributed by atoms with van der Waals surface area (Å²) in [5, 5.41) is 11.0. The number of carboxylic acid groups (broad SMARTS) is 1. The van der Waals surface area contributed by atoms with Gasteiger partial charge in [-0.25, -0.2) is 4.79 Å². The van der Waals surface area contributed by atoms with Crippen molar-refractivity contribution in [3.63, 3.8) is 0 Å². The van der Waals surface area contributed by atoms with Gasteiger partial charge in [-0.05, 0) is 60.1 Å². The van der Waals surface area contributed by atoms with Crippen molar-refractivity contribution in [3.8, 4) is 22.4 Å². The lowest BCUT2D eigenvalue weighted by Crippen LogP contribution is -2.38. The maximum Gasteiger partial charge on any atom is 0.335 e.